The van der Waals surface area contributed by atoms with Crippen LogP contribution in [0.25, 0.3) is 0 Å². The van der Waals surface area contributed by atoms with E-state index in [1.165, 1.54) is 12.1 Å². The van der Waals surface area contributed by atoms with Crippen molar-refractivity contribution in [3.8, 4) is 0 Å². The van der Waals surface area contributed by atoms with Crippen LogP contribution in [0.1, 0.15) is 28.8 Å². The standard InChI is InChI=1S/C19H22N2O4S/c1-14-9-10-15(19(22)20-13-16-6-5-11-25-16)12-18(14)21-26(23,24)17-7-3-2-4-8-17/h2-4,7-10,12,16,21H,5-6,11,13H2,1H3,(H,20,22)/t16-/m1/s1. The molecule has 1 atom stereocenters. The van der Waals surface area contributed by atoms with Gasteiger partial charge in [-0.25, -0.2) is 8.42 Å². The predicted molar refractivity (Wildman–Crippen MR) is 99.7 cm³/mol. The second-order valence-corrected chi connectivity index (χ2v) is 7.98. The largest absolute Gasteiger partial charge is 0.376 e. The van der Waals surface area contributed by atoms with Crippen molar-refractivity contribution < 1.29 is 17.9 Å². The van der Waals surface area contributed by atoms with Crippen LogP contribution in [-0.2, 0) is 14.8 Å². The molecule has 1 aliphatic heterocycles. The fraction of sp³-hybridized carbons (Fsp3) is 0.316. The molecule has 6 nitrogen and oxygen atoms in total. The molecule has 2 aromatic carbocycles. The first kappa shape index (κ1) is 18.4. The van der Waals surface area contributed by atoms with Crippen molar-refractivity contribution in [1.82, 2.24) is 5.32 Å². The number of hydrogen-bond acceptors (Lipinski definition) is 4. The Labute approximate surface area is 153 Å². The van der Waals surface area contributed by atoms with Crippen LogP contribution < -0.4 is 10.0 Å². The summed E-state index contributed by atoms with van der Waals surface area (Å²) in [7, 11) is -3.71. The van der Waals surface area contributed by atoms with Crippen LogP contribution in [0.4, 0.5) is 5.69 Å². The minimum Gasteiger partial charge on any atom is -0.376 e. The fourth-order valence-electron chi connectivity index (χ4n) is 2.79. The lowest BCUT2D eigenvalue weighted by Crippen LogP contribution is -2.31. The highest BCUT2D eigenvalue weighted by atomic mass is 32.2. The van der Waals surface area contributed by atoms with Gasteiger partial charge in [-0.3, -0.25) is 9.52 Å². The Morgan fingerprint density at radius 1 is 1.19 bits per heavy atom. The molecule has 1 aliphatic rings. The van der Waals surface area contributed by atoms with Gasteiger partial charge in [-0.2, -0.15) is 0 Å². The number of ether oxygens (including phenoxy) is 1. The molecule has 1 amide bonds. The van der Waals surface area contributed by atoms with E-state index in [9.17, 15) is 13.2 Å². The Morgan fingerprint density at radius 3 is 2.65 bits per heavy atom. The predicted octanol–water partition coefficient (Wildman–Crippen LogP) is 2.70. The Bertz CT molecular complexity index is 876. The first-order valence-corrected chi connectivity index (χ1v) is 10.0. The number of sulfonamides is 1. The number of rotatable bonds is 6. The van der Waals surface area contributed by atoms with E-state index < -0.39 is 10.0 Å². The lowest BCUT2D eigenvalue weighted by molar-refractivity contribution is 0.0858. The molecule has 0 saturated carbocycles. The molecule has 0 aliphatic carbocycles. The molecule has 7 heteroatoms. The third-order valence-electron chi connectivity index (χ3n) is 4.31. The third-order valence-corrected chi connectivity index (χ3v) is 5.69. The first-order chi connectivity index (χ1) is 12.5. The summed E-state index contributed by atoms with van der Waals surface area (Å²) >= 11 is 0. The highest BCUT2D eigenvalue weighted by molar-refractivity contribution is 7.92. The average molecular weight is 374 g/mol. The summed E-state index contributed by atoms with van der Waals surface area (Å²) in [6.45, 7) is 2.98. The van der Waals surface area contributed by atoms with Gasteiger partial charge >= 0.3 is 0 Å². The van der Waals surface area contributed by atoms with Crippen LogP contribution in [0.15, 0.2) is 53.4 Å². The molecule has 0 spiro atoms. The van der Waals surface area contributed by atoms with E-state index in [-0.39, 0.29) is 16.9 Å². The van der Waals surface area contributed by atoms with Crippen molar-refractivity contribution in [2.75, 3.05) is 17.9 Å². The van der Waals surface area contributed by atoms with Gasteiger partial charge in [0, 0.05) is 18.7 Å². The van der Waals surface area contributed by atoms with E-state index >= 15 is 0 Å². The lowest BCUT2D eigenvalue weighted by atomic mass is 10.1. The zero-order chi connectivity index (χ0) is 18.6. The molecular weight excluding hydrogens is 352 g/mol. The number of benzene rings is 2. The van der Waals surface area contributed by atoms with Gasteiger partial charge in [0.05, 0.1) is 16.7 Å². The van der Waals surface area contributed by atoms with Gasteiger partial charge in [0.25, 0.3) is 15.9 Å². The van der Waals surface area contributed by atoms with Gasteiger partial charge < -0.3 is 10.1 Å². The maximum Gasteiger partial charge on any atom is 0.261 e. The summed E-state index contributed by atoms with van der Waals surface area (Å²) in [5, 5.41) is 2.84. The summed E-state index contributed by atoms with van der Waals surface area (Å²) in [4.78, 5) is 12.5. The van der Waals surface area contributed by atoms with Crippen molar-refractivity contribution in [1.29, 1.82) is 0 Å². The van der Waals surface area contributed by atoms with Crippen LogP contribution in [0.2, 0.25) is 0 Å². The molecule has 0 aromatic heterocycles. The number of carbonyl (C=O) groups excluding carboxylic acids is 1. The van der Waals surface area contributed by atoms with Gasteiger partial charge in [-0.05, 0) is 49.6 Å². The van der Waals surface area contributed by atoms with Crippen molar-refractivity contribution in [2.24, 2.45) is 0 Å². The summed E-state index contributed by atoms with van der Waals surface area (Å²) in [6.07, 6.45) is 2.01. The summed E-state index contributed by atoms with van der Waals surface area (Å²) in [5.74, 6) is -0.249. The van der Waals surface area contributed by atoms with Gasteiger partial charge in [-0.1, -0.05) is 24.3 Å². The molecule has 0 bridgehead atoms. The fourth-order valence-corrected chi connectivity index (χ4v) is 3.93. The lowest BCUT2D eigenvalue weighted by Gasteiger charge is -2.14. The molecule has 1 saturated heterocycles. The molecule has 138 valence electrons. The Morgan fingerprint density at radius 2 is 1.96 bits per heavy atom. The zero-order valence-electron chi connectivity index (χ0n) is 14.6. The number of nitrogens with one attached hydrogen (secondary N) is 2. The van der Waals surface area contributed by atoms with Crippen molar-refractivity contribution in [3.63, 3.8) is 0 Å². The van der Waals surface area contributed by atoms with E-state index in [1.807, 2.05) is 0 Å². The average Bonchev–Trinajstić information content (AvgIpc) is 3.16. The quantitative estimate of drug-likeness (QED) is 0.814. The normalized spacial score (nSPS) is 17.0. The van der Waals surface area contributed by atoms with Gasteiger partial charge in [0.1, 0.15) is 0 Å². The Balaban J connectivity index is 1.74. The summed E-state index contributed by atoms with van der Waals surface area (Å²) < 4.78 is 33.1. The molecule has 0 unspecified atom stereocenters. The number of anilines is 1. The first-order valence-electron chi connectivity index (χ1n) is 8.54. The second kappa shape index (κ2) is 7.88. The van der Waals surface area contributed by atoms with Gasteiger partial charge in [0.2, 0.25) is 0 Å². The number of hydrogen-bond donors (Lipinski definition) is 2. The molecule has 1 fully saturated rings. The van der Waals surface area contributed by atoms with E-state index in [0.717, 1.165) is 25.0 Å². The van der Waals surface area contributed by atoms with Crippen LogP contribution in [0.3, 0.4) is 0 Å². The molecular formula is C19H22N2O4S. The Hall–Kier alpha value is -2.38. The van der Waals surface area contributed by atoms with E-state index in [4.69, 9.17) is 4.74 Å². The molecule has 0 radical (unpaired) electrons. The van der Waals surface area contributed by atoms with E-state index in [1.54, 1.807) is 43.3 Å². The summed E-state index contributed by atoms with van der Waals surface area (Å²) in [5.41, 5.74) is 1.53. The third kappa shape index (κ3) is 4.42. The van der Waals surface area contributed by atoms with Crippen LogP contribution in [0, 0.1) is 6.92 Å². The zero-order valence-corrected chi connectivity index (χ0v) is 15.4. The van der Waals surface area contributed by atoms with Gasteiger partial charge in [-0.15, -0.1) is 0 Å². The SMILES string of the molecule is Cc1ccc(C(=O)NC[C@H]2CCCO2)cc1NS(=O)(=O)c1ccccc1. The van der Waals surface area contributed by atoms with Crippen LogP contribution in [0.5, 0.6) is 0 Å². The van der Waals surface area contributed by atoms with Crippen molar-refractivity contribution >= 4 is 21.6 Å². The minimum absolute atomic E-state index is 0.0560. The minimum atomic E-state index is -3.71. The Kier molecular flexibility index (Phi) is 5.58. The van der Waals surface area contributed by atoms with Crippen LogP contribution in [-0.4, -0.2) is 33.6 Å². The molecule has 2 aromatic rings. The number of aryl methyl sites for hydroxylation is 1. The van der Waals surface area contributed by atoms with E-state index in [2.05, 4.69) is 10.0 Å². The van der Waals surface area contributed by atoms with E-state index in [0.29, 0.717) is 17.8 Å². The monoisotopic (exact) mass is 374 g/mol. The molecule has 2 N–H and O–H groups in total. The number of carbonyl (C=O) groups is 1. The van der Waals surface area contributed by atoms with Crippen molar-refractivity contribution in [2.45, 2.75) is 30.8 Å². The maximum atomic E-state index is 12.5. The summed E-state index contributed by atoms with van der Waals surface area (Å²) in [6, 6.07) is 13.1. The highest BCUT2D eigenvalue weighted by Crippen LogP contribution is 2.21. The number of amides is 1. The second-order valence-electron chi connectivity index (χ2n) is 6.29. The topological polar surface area (TPSA) is 84.5 Å². The smallest absolute Gasteiger partial charge is 0.261 e. The van der Waals surface area contributed by atoms with Crippen molar-refractivity contribution in [3.05, 3.63) is 59.7 Å². The van der Waals surface area contributed by atoms with Gasteiger partial charge in [0.15, 0.2) is 0 Å². The molecule has 1 heterocycles. The highest BCUT2D eigenvalue weighted by Gasteiger charge is 2.18. The maximum absolute atomic E-state index is 12.5. The molecule has 26 heavy (non-hydrogen) atoms. The van der Waals surface area contributed by atoms with Crippen LogP contribution >= 0.6 is 0 Å². The molecule has 3 rings (SSSR count).